The van der Waals surface area contributed by atoms with Gasteiger partial charge >= 0.3 is 11.7 Å². The zero-order chi connectivity index (χ0) is 31.0. The lowest BCUT2D eigenvalue weighted by atomic mass is 9.78. The molecule has 1 aromatic rings. The number of esters is 1. The van der Waals surface area contributed by atoms with Crippen molar-refractivity contribution in [1.29, 1.82) is 0 Å². The third kappa shape index (κ3) is 9.82. The molecule has 0 spiro atoms. The smallest absolute Gasteiger partial charge is 0.330 e. The predicted octanol–water partition coefficient (Wildman–Crippen LogP) is 3.82. The maximum Gasteiger partial charge on any atom is 0.330 e. The van der Waals surface area contributed by atoms with E-state index in [1.165, 1.54) is 6.92 Å². The highest BCUT2D eigenvalue weighted by molar-refractivity contribution is 8.09. The van der Waals surface area contributed by atoms with Crippen LogP contribution in [0.5, 0.6) is 0 Å². The number of aromatic amines is 1. The number of carbonyl (C=O) groups excluding carboxylic acids is 2. The average molecular weight is 630 g/mol. The molecular weight excluding hydrogens is 590 g/mol. The number of rotatable bonds is 16. The van der Waals surface area contributed by atoms with Gasteiger partial charge in [-0.05, 0) is 52.3 Å². The van der Waals surface area contributed by atoms with Crippen molar-refractivity contribution in [2.45, 2.75) is 97.6 Å². The number of alkyl halides is 2. The van der Waals surface area contributed by atoms with Crippen LogP contribution in [0.2, 0.25) is 0 Å². The Morgan fingerprint density at radius 3 is 2.59 bits per heavy atom. The largest absolute Gasteiger partial charge is 0.462 e. The summed E-state index contributed by atoms with van der Waals surface area (Å²) in [4.78, 5) is 49.8. The Morgan fingerprint density at radius 2 is 2.00 bits per heavy atom. The summed E-state index contributed by atoms with van der Waals surface area (Å²) in [6, 6.07) is -0.981. The predicted molar refractivity (Wildman–Crippen MR) is 148 cm³/mol. The summed E-state index contributed by atoms with van der Waals surface area (Å²) >= 11 is 5.64. The van der Waals surface area contributed by atoms with Crippen LogP contribution in [-0.2, 0) is 39.9 Å². The number of nitrogens with one attached hydrogen (secondary N) is 2. The maximum atomic E-state index is 14.6. The first-order chi connectivity index (χ1) is 19.2. The summed E-state index contributed by atoms with van der Waals surface area (Å²) in [5, 5.41) is 2.83. The lowest BCUT2D eigenvalue weighted by molar-refractivity contribution is -0.187. The number of aldehydes is 1. The molecule has 2 unspecified atom stereocenters. The van der Waals surface area contributed by atoms with Crippen molar-refractivity contribution in [2.75, 3.05) is 13.2 Å². The van der Waals surface area contributed by atoms with Gasteiger partial charge in [0.2, 0.25) is 12.2 Å². The Balaban J connectivity index is 2.30. The quantitative estimate of drug-likeness (QED) is 0.120. The number of hydrogen-bond donors (Lipinski definition) is 2. The van der Waals surface area contributed by atoms with Gasteiger partial charge < -0.3 is 23.3 Å². The van der Waals surface area contributed by atoms with E-state index in [1.807, 2.05) is 6.92 Å². The van der Waals surface area contributed by atoms with Crippen molar-refractivity contribution < 1.29 is 41.3 Å². The molecule has 0 aromatic carbocycles. The van der Waals surface area contributed by atoms with Crippen LogP contribution >= 0.6 is 6.64 Å². The first-order valence-corrected chi connectivity index (χ1v) is 16.1. The van der Waals surface area contributed by atoms with Crippen LogP contribution < -0.4 is 16.3 Å². The van der Waals surface area contributed by atoms with E-state index in [-0.39, 0.29) is 0 Å². The summed E-state index contributed by atoms with van der Waals surface area (Å²) in [6.45, 7) is 3.64. The molecule has 2 N–H and O–H groups in total. The van der Waals surface area contributed by atoms with E-state index in [2.05, 4.69) is 5.09 Å². The highest BCUT2D eigenvalue weighted by Gasteiger charge is 2.50. The summed E-state index contributed by atoms with van der Waals surface area (Å²) in [5.41, 5.74) is -4.40. The Labute approximate surface area is 241 Å². The van der Waals surface area contributed by atoms with E-state index >= 15 is 0 Å². The van der Waals surface area contributed by atoms with E-state index in [0.29, 0.717) is 23.5 Å². The number of carbonyl (C=O) groups is 2. The number of aromatic nitrogens is 2. The van der Waals surface area contributed by atoms with E-state index in [9.17, 15) is 32.3 Å². The number of H-pyrrole nitrogens is 1. The van der Waals surface area contributed by atoms with E-state index < -0.39 is 91.5 Å². The Hall–Kier alpha value is -1.90. The van der Waals surface area contributed by atoms with Crippen LogP contribution in [0, 0.1) is 17.2 Å². The van der Waals surface area contributed by atoms with Crippen molar-refractivity contribution >= 4 is 30.7 Å². The number of halogens is 3. The number of ether oxygens (including phenoxy) is 2. The Morgan fingerprint density at radius 1 is 1.32 bits per heavy atom. The molecule has 41 heavy (non-hydrogen) atoms. The minimum Gasteiger partial charge on any atom is -0.462 e. The van der Waals surface area contributed by atoms with Crippen LogP contribution in [0.25, 0.3) is 0 Å². The molecule has 2 rings (SSSR count). The normalized spacial score (nSPS) is 24.1. The SMILES string of the molecule is CCCCCC(C)OP(=S)(N[C@@H](C)C(=O)OC(C)C)OC[C@@]1(C(F)F)CO[C@@H](n2cc(F)c(=O)[nH]c2=O)[C@@H](C=O)C1. The molecule has 1 saturated heterocycles. The summed E-state index contributed by atoms with van der Waals surface area (Å²) in [6.07, 6.45) is -1.60. The van der Waals surface area contributed by atoms with Crippen LogP contribution in [0.1, 0.15) is 73.0 Å². The molecule has 0 radical (unpaired) electrons. The minimum atomic E-state index is -3.59. The molecule has 1 aromatic heterocycles. The monoisotopic (exact) mass is 629 g/mol. The molecule has 0 amide bonds. The van der Waals surface area contributed by atoms with Crippen LogP contribution in [0.4, 0.5) is 13.2 Å². The van der Waals surface area contributed by atoms with Gasteiger partial charge in [-0.15, -0.1) is 0 Å². The van der Waals surface area contributed by atoms with Crippen molar-refractivity contribution in [1.82, 2.24) is 14.6 Å². The van der Waals surface area contributed by atoms with Gasteiger partial charge in [0.1, 0.15) is 18.6 Å². The van der Waals surface area contributed by atoms with Crippen LogP contribution in [-0.4, -0.2) is 59.7 Å². The molecule has 1 fully saturated rings. The zero-order valence-corrected chi connectivity index (χ0v) is 25.5. The molecule has 11 nitrogen and oxygen atoms in total. The zero-order valence-electron chi connectivity index (χ0n) is 23.8. The molecule has 6 atom stereocenters. The minimum absolute atomic E-state index is 0.320. The standard InChI is InChI=1S/C25H39F3N3O8PS/c1-6-7-8-9-16(4)39-40(41,30-17(5)22(34)38-15(2)3)37-14-25(23(27)28)10-18(12-32)21(36-13-25)31-11-19(26)20(33)29-24(31)35/h11-12,15-18,21,23H,6-10,13-14H2,1-5H3,(H,30,41)(H,29,33,35)/t16?,17-,18+,21+,25-,40?/m0/s1. The fraction of sp³-hybridized carbons (Fsp3) is 0.760. The van der Waals surface area contributed by atoms with Crippen molar-refractivity contribution in [3.63, 3.8) is 0 Å². The van der Waals surface area contributed by atoms with Crippen molar-refractivity contribution in [2.24, 2.45) is 11.3 Å². The van der Waals surface area contributed by atoms with E-state index in [1.54, 1.807) is 25.8 Å². The fourth-order valence-electron chi connectivity index (χ4n) is 4.28. The summed E-state index contributed by atoms with van der Waals surface area (Å²) in [5.74, 6) is -3.27. The molecule has 0 saturated carbocycles. The second kappa shape index (κ2) is 15.5. The molecule has 0 aliphatic carbocycles. The first kappa shape index (κ1) is 35.3. The lowest BCUT2D eigenvalue weighted by Crippen LogP contribution is -2.50. The molecule has 1 aliphatic rings. The summed E-state index contributed by atoms with van der Waals surface area (Å²) < 4.78 is 66.3. The van der Waals surface area contributed by atoms with Crippen molar-refractivity contribution in [3.05, 3.63) is 32.9 Å². The first-order valence-electron chi connectivity index (χ1n) is 13.4. The van der Waals surface area contributed by atoms with Crippen LogP contribution in [0.15, 0.2) is 15.8 Å². The van der Waals surface area contributed by atoms with Gasteiger partial charge in [0, 0.05) is 0 Å². The van der Waals surface area contributed by atoms with E-state index in [4.69, 9.17) is 30.3 Å². The molecule has 1 aliphatic heterocycles. The number of unbranched alkanes of at least 4 members (excludes halogenated alkanes) is 2. The van der Waals surface area contributed by atoms with Gasteiger partial charge in [-0.2, -0.15) is 4.39 Å². The van der Waals surface area contributed by atoms with Gasteiger partial charge in [0.15, 0.2) is 0 Å². The van der Waals surface area contributed by atoms with Gasteiger partial charge in [-0.3, -0.25) is 19.1 Å². The Bertz CT molecular complexity index is 1200. The molecular formula is C25H39F3N3O8PS. The second-order valence-electron chi connectivity index (χ2n) is 10.5. The third-order valence-electron chi connectivity index (χ3n) is 6.50. The molecule has 0 bridgehead atoms. The summed E-state index contributed by atoms with van der Waals surface area (Å²) in [7, 11) is 0. The highest BCUT2D eigenvalue weighted by Crippen LogP contribution is 2.51. The van der Waals surface area contributed by atoms with Gasteiger partial charge in [-0.1, -0.05) is 26.2 Å². The molecule has 2 heterocycles. The lowest BCUT2D eigenvalue weighted by Gasteiger charge is -2.43. The van der Waals surface area contributed by atoms with E-state index in [0.717, 1.165) is 19.3 Å². The average Bonchev–Trinajstić information content (AvgIpc) is 2.89. The third-order valence-corrected chi connectivity index (χ3v) is 9.20. The molecule has 16 heteroatoms. The highest BCUT2D eigenvalue weighted by atomic mass is 32.5. The van der Waals surface area contributed by atoms with Crippen LogP contribution in [0.3, 0.4) is 0 Å². The van der Waals surface area contributed by atoms with Gasteiger partial charge in [-0.25, -0.2) is 18.7 Å². The topological polar surface area (TPSA) is 138 Å². The number of nitrogens with zero attached hydrogens (tertiary/aromatic N) is 1. The number of hydrogen-bond acceptors (Lipinski definition) is 9. The maximum absolute atomic E-state index is 14.6. The van der Waals surface area contributed by atoms with Gasteiger partial charge in [0.25, 0.3) is 12.2 Å². The molecule has 234 valence electrons. The van der Waals surface area contributed by atoms with Gasteiger partial charge in [0.05, 0.1) is 43.0 Å². The second-order valence-corrected chi connectivity index (χ2v) is 13.7. The van der Waals surface area contributed by atoms with Crippen molar-refractivity contribution in [3.8, 4) is 0 Å². The fourth-order valence-corrected chi connectivity index (χ4v) is 7.13. The Kier molecular flexibility index (Phi) is 13.4.